The summed E-state index contributed by atoms with van der Waals surface area (Å²) >= 11 is 1.54. The number of benzene rings is 2. The molecule has 5 nitrogen and oxygen atoms in total. The quantitative estimate of drug-likeness (QED) is 0.598. The smallest absolute Gasteiger partial charge is 0.250 e. The zero-order valence-electron chi connectivity index (χ0n) is 13.7. The number of aryl methyl sites for hydroxylation is 1. The summed E-state index contributed by atoms with van der Waals surface area (Å²) < 4.78 is 5.01. The second-order valence-electron chi connectivity index (χ2n) is 5.20. The number of carbonyl (C=O) groups excluding carboxylic acids is 1. The number of rotatable bonds is 7. The van der Waals surface area contributed by atoms with Gasteiger partial charge in [-0.05, 0) is 36.2 Å². The van der Waals surface area contributed by atoms with Gasteiger partial charge in [0.1, 0.15) is 0 Å². The molecule has 0 aliphatic carbocycles. The normalized spacial score (nSPS) is 10.8. The van der Waals surface area contributed by atoms with E-state index in [1.807, 2.05) is 6.92 Å². The molecule has 0 aromatic heterocycles. The van der Waals surface area contributed by atoms with E-state index in [9.17, 15) is 9.90 Å². The fraction of sp³-hybridized carbons (Fsp3) is 0.222. The second kappa shape index (κ2) is 8.98. The van der Waals surface area contributed by atoms with Gasteiger partial charge < -0.3 is 9.84 Å². The summed E-state index contributed by atoms with van der Waals surface area (Å²) in [5.74, 6) is 1.38. The molecule has 0 unspecified atom stereocenters. The Balaban J connectivity index is 1.75. The molecule has 0 bridgehead atoms. The number of nitrogens with one attached hydrogen (secondary N) is 1. The van der Waals surface area contributed by atoms with E-state index in [0.29, 0.717) is 11.5 Å². The van der Waals surface area contributed by atoms with Crippen molar-refractivity contribution in [3.8, 4) is 11.5 Å². The number of nitrogens with zero attached hydrogens (tertiary/aromatic N) is 1. The number of ether oxygens (including phenoxy) is 1. The standard InChI is InChI=1S/C18H20N2O3S/c1-13-3-5-14(6-4-13)11-24-12-18(22)20-19-10-15-7-8-16(21)17(9-15)23-2/h3-10,21H,11-12H2,1-2H3,(H,20,22)/b19-10-. The van der Waals surface area contributed by atoms with Crippen LogP contribution in [0.3, 0.4) is 0 Å². The first-order valence-corrected chi connectivity index (χ1v) is 8.56. The molecule has 0 atom stereocenters. The van der Waals surface area contributed by atoms with Gasteiger partial charge in [-0.15, -0.1) is 11.8 Å². The molecular formula is C18H20N2O3S. The summed E-state index contributed by atoms with van der Waals surface area (Å²) in [7, 11) is 1.48. The predicted octanol–water partition coefficient (Wildman–Crippen LogP) is 3.09. The van der Waals surface area contributed by atoms with E-state index in [1.165, 1.54) is 42.3 Å². The van der Waals surface area contributed by atoms with Crippen LogP contribution in [0.5, 0.6) is 11.5 Å². The van der Waals surface area contributed by atoms with E-state index < -0.39 is 0 Å². The zero-order valence-corrected chi connectivity index (χ0v) is 14.5. The van der Waals surface area contributed by atoms with Crippen molar-refractivity contribution in [2.75, 3.05) is 12.9 Å². The van der Waals surface area contributed by atoms with Gasteiger partial charge in [-0.3, -0.25) is 4.79 Å². The van der Waals surface area contributed by atoms with Gasteiger partial charge in [-0.1, -0.05) is 29.8 Å². The van der Waals surface area contributed by atoms with Crippen LogP contribution in [0.2, 0.25) is 0 Å². The van der Waals surface area contributed by atoms with Crippen LogP contribution >= 0.6 is 11.8 Å². The van der Waals surface area contributed by atoms with Gasteiger partial charge in [0.2, 0.25) is 5.91 Å². The SMILES string of the molecule is COc1cc(/C=N\NC(=O)CSCc2ccc(C)cc2)ccc1O. The summed E-state index contributed by atoms with van der Waals surface area (Å²) in [5.41, 5.74) is 5.62. The number of aromatic hydroxyl groups is 1. The van der Waals surface area contributed by atoms with Crippen LogP contribution in [-0.2, 0) is 10.5 Å². The minimum Gasteiger partial charge on any atom is -0.504 e. The molecule has 6 heteroatoms. The van der Waals surface area contributed by atoms with Gasteiger partial charge in [0.25, 0.3) is 0 Å². The number of phenolic OH excluding ortho intramolecular Hbond substituents is 1. The second-order valence-corrected chi connectivity index (χ2v) is 6.19. The number of amides is 1. The summed E-state index contributed by atoms with van der Waals surface area (Å²) in [6.07, 6.45) is 1.50. The van der Waals surface area contributed by atoms with Crippen molar-refractivity contribution in [1.82, 2.24) is 5.43 Å². The van der Waals surface area contributed by atoms with Crippen molar-refractivity contribution in [2.24, 2.45) is 5.10 Å². The van der Waals surface area contributed by atoms with Crippen LogP contribution in [0.1, 0.15) is 16.7 Å². The molecule has 0 radical (unpaired) electrons. The van der Waals surface area contributed by atoms with Crippen LogP contribution in [0, 0.1) is 6.92 Å². The molecular weight excluding hydrogens is 324 g/mol. The fourth-order valence-electron chi connectivity index (χ4n) is 1.93. The lowest BCUT2D eigenvalue weighted by molar-refractivity contribution is -0.118. The third-order valence-corrected chi connectivity index (χ3v) is 4.23. The highest BCUT2D eigenvalue weighted by molar-refractivity contribution is 7.99. The number of carbonyl (C=O) groups is 1. The molecule has 126 valence electrons. The van der Waals surface area contributed by atoms with Crippen molar-refractivity contribution in [3.63, 3.8) is 0 Å². The number of methoxy groups -OCH3 is 1. The van der Waals surface area contributed by atoms with Crippen LogP contribution in [0.4, 0.5) is 0 Å². The maximum Gasteiger partial charge on any atom is 0.250 e. The van der Waals surface area contributed by atoms with E-state index in [-0.39, 0.29) is 11.7 Å². The summed E-state index contributed by atoms with van der Waals surface area (Å²) in [4.78, 5) is 11.7. The first-order chi connectivity index (χ1) is 11.6. The van der Waals surface area contributed by atoms with Crippen molar-refractivity contribution < 1.29 is 14.6 Å². The molecule has 2 N–H and O–H groups in total. The van der Waals surface area contributed by atoms with Crippen molar-refractivity contribution in [2.45, 2.75) is 12.7 Å². The molecule has 0 heterocycles. The maximum atomic E-state index is 11.7. The molecule has 2 aromatic carbocycles. The molecule has 0 aliphatic rings. The Morgan fingerprint density at radius 1 is 1.29 bits per heavy atom. The largest absolute Gasteiger partial charge is 0.504 e. The van der Waals surface area contributed by atoms with Gasteiger partial charge >= 0.3 is 0 Å². The van der Waals surface area contributed by atoms with Crippen molar-refractivity contribution in [1.29, 1.82) is 0 Å². The Morgan fingerprint density at radius 3 is 2.75 bits per heavy atom. The van der Waals surface area contributed by atoms with Gasteiger partial charge in [0.05, 0.1) is 19.1 Å². The monoisotopic (exact) mass is 344 g/mol. The zero-order chi connectivity index (χ0) is 17.4. The summed E-state index contributed by atoms with van der Waals surface area (Å²) in [5, 5.41) is 13.4. The first-order valence-electron chi connectivity index (χ1n) is 7.40. The highest BCUT2D eigenvalue weighted by atomic mass is 32.2. The van der Waals surface area contributed by atoms with Gasteiger partial charge in [0.15, 0.2) is 11.5 Å². The summed E-state index contributed by atoms with van der Waals surface area (Å²) in [6.45, 7) is 2.05. The lowest BCUT2D eigenvalue weighted by Gasteiger charge is -2.04. The third kappa shape index (κ3) is 5.62. The Hall–Kier alpha value is -2.47. The average Bonchev–Trinajstić information content (AvgIpc) is 2.58. The molecule has 0 aliphatic heterocycles. The van der Waals surface area contributed by atoms with E-state index in [4.69, 9.17) is 4.74 Å². The number of hydrazone groups is 1. The highest BCUT2D eigenvalue weighted by Gasteiger charge is 2.02. The number of hydrogen-bond acceptors (Lipinski definition) is 5. The Morgan fingerprint density at radius 2 is 2.04 bits per heavy atom. The maximum absolute atomic E-state index is 11.7. The highest BCUT2D eigenvalue weighted by Crippen LogP contribution is 2.25. The lowest BCUT2D eigenvalue weighted by atomic mass is 10.2. The van der Waals surface area contributed by atoms with Crippen molar-refractivity contribution >= 4 is 23.9 Å². The van der Waals surface area contributed by atoms with Crippen LogP contribution in [0.25, 0.3) is 0 Å². The molecule has 0 spiro atoms. The minimum absolute atomic E-state index is 0.0613. The van der Waals surface area contributed by atoms with Crippen molar-refractivity contribution in [3.05, 3.63) is 59.2 Å². The van der Waals surface area contributed by atoms with E-state index in [1.54, 1.807) is 12.1 Å². The Labute approximate surface area is 145 Å². The molecule has 2 aromatic rings. The minimum atomic E-state index is -0.158. The molecule has 1 amide bonds. The predicted molar refractivity (Wildman–Crippen MR) is 97.7 cm³/mol. The number of phenols is 1. The molecule has 0 saturated carbocycles. The summed E-state index contributed by atoms with van der Waals surface area (Å²) in [6, 6.07) is 13.1. The van der Waals surface area contributed by atoms with Gasteiger partial charge in [0, 0.05) is 5.75 Å². The van der Waals surface area contributed by atoms with E-state index >= 15 is 0 Å². The van der Waals surface area contributed by atoms with Crippen LogP contribution in [0.15, 0.2) is 47.6 Å². The number of thioether (sulfide) groups is 1. The third-order valence-electron chi connectivity index (χ3n) is 3.23. The van der Waals surface area contributed by atoms with Crippen LogP contribution in [-0.4, -0.2) is 30.1 Å². The Kier molecular flexibility index (Phi) is 6.69. The van der Waals surface area contributed by atoms with E-state index in [2.05, 4.69) is 34.8 Å². The lowest BCUT2D eigenvalue weighted by Crippen LogP contribution is -2.19. The van der Waals surface area contributed by atoms with Crippen LogP contribution < -0.4 is 10.2 Å². The molecule has 2 rings (SSSR count). The average molecular weight is 344 g/mol. The Bertz CT molecular complexity index is 715. The molecule has 0 saturated heterocycles. The fourth-order valence-corrected chi connectivity index (χ4v) is 2.71. The molecule has 0 fully saturated rings. The first kappa shape index (κ1) is 17.9. The van der Waals surface area contributed by atoms with E-state index in [0.717, 1.165) is 11.3 Å². The number of hydrogen-bond donors (Lipinski definition) is 2. The molecule has 24 heavy (non-hydrogen) atoms. The topological polar surface area (TPSA) is 70.9 Å². The van der Waals surface area contributed by atoms with Gasteiger partial charge in [-0.25, -0.2) is 5.43 Å². The van der Waals surface area contributed by atoms with Gasteiger partial charge in [-0.2, -0.15) is 5.10 Å².